The SMILES string of the molecule is CC(C)=N[C@@H]1CC[C@@H]2CC[C@@H]3[C@H](CC[C@]4(C)[C@@H]([C@H](C)CCCC(C)C)CC[C@@H]34)[C@@]2(C)C1. The van der Waals surface area contributed by atoms with Crippen LogP contribution >= 0.6 is 0 Å². The van der Waals surface area contributed by atoms with E-state index in [0.29, 0.717) is 16.9 Å². The summed E-state index contributed by atoms with van der Waals surface area (Å²) in [5.74, 6) is 6.77. The van der Waals surface area contributed by atoms with Gasteiger partial charge in [-0.2, -0.15) is 0 Å². The van der Waals surface area contributed by atoms with Crippen molar-refractivity contribution >= 4 is 5.71 Å². The second kappa shape index (κ2) is 9.13. The van der Waals surface area contributed by atoms with E-state index in [1.807, 2.05) is 0 Å². The van der Waals surface area contributed by atoms with Gasteiger partial charge in [0.15, 0.2) is 0 Å². The third kappa shape index (κ3) is 4.42. The molecule has 0 aliphatic heterocycles. The van der Waals surface area contributed by atoms with Gasteiger partial charge >= 0.3 is 0 Å². The van der Waals surface area contributed by atoms with Crippen molar-refractivity contribution in [1.82, 2.24) is 0 Å². The summed E-state index contributed by atoms with van der Waals surface area (Å²) in [6, 6.07) is 0.607. The standard InChI is InChI=1S/C30H53N/c1-20(2)9-8-10-22(5)26-15-16-27-25-14-12-23-11-13-24(31-21(3)4)19-30(23,7)28(25)17-18-29(26,27)6/h20,22-28H,8-19H2,1-7H3/t22-,23-,24-,25+,26-,27+,28+,29-,30+/m1/s1. The fourth-order valence-electron chi connectivity index (χ4n) is 9.83. The Balaban J connectivity index is 1.48. The van der Waals surface area contributed by atoms with E-state index < -0.39 is 0 Å². The molecule has 31 heavy (non-hydrogen) atoms. The molecule has 4 aliphatic carbocycles. The van der Waals surface area contributed by atoms with Crippen molar-refractivity contribution in [1.29, 1.82) is 0 Å². The molecule has 0 unspecified atom stereocenters. The van der Waals surface area contributed by atoms with Gasteiger partial charge in [-0.1, -0.05) is 53.9 Å². The van der Waals surface area contributed by atoms with Crippen molar-refractivity contribution in [2.24, 2.45) is 57.2 Å². The van der Waals surface area contributed by atoms with Crippen LogP contribution in [-0.2, 0) is 0 Å². The highest BCUT2D eigenvalue weighted by molar-refractivity contribution is 5.79. The average molecular weight is 428 g/mol. The molecule has 4 rings (SSSR count). The Hall–Kier alpha value is -0.330. The molecule has 1 nitrogen and oxygen atoms in total. The zero-order chi connectivity index (χ0) is 22.4. The number of aliphatic imine (C=N–C) groups is 1. The quantitative estimate of drug-likeness (QED) is 0.375. The summed E-state index contributed by atoms with van der Waals surface area (Å²) >= 11 is 0. The molecule has 1 heteroatoms. The van der Waals surface area contributed by atoms with Crippen LogP contribution in [0.4, 0.5) is 0 Å². The molecule has 9 atom stereocenters. The highest BCUT2D eigenvalue weighted by Gasteiger charge is 2.60. The van der Waals surface area contributed by atoms with Gasteiger partial charge in [0.05, 0.1) is 6.04 Å². The summed E-state index contributed by atoms with van der Waals surface area (Å²) in [4.78, 5) is 5.08. The Morgan fingerprint density at radius 3 is 2.26 bits per heavy atom. The maximum absolute atomic E-state index is 5.08. The van der Waals surface area contributed by atoms with E-state index in [0.717, 1.165) is 41.4 Å². The van der Waals surface area contributed by atoms with Crippen LogP contribution in [-0.4, -0.2) is 11.8 Å². The van der Waals surface area contributed by atoms with Gasteiger partial charge < -0.3 is 0 Å². The molecule has 0 heterocycles. The van der Waals surface area contributed by atoms with E-state index in [1.165, 1.54) is 76.3 Å². The number of hydrogen-bond acceptors (Lipinski definition) is 1. The maximum Gasteiger partial charge on any atom is 0.0504 e. The molecule has 0 amide bonds. The molecule has 4 fully saturated rings. The summed E-state index contributed by atoms with van der Waals surface area (Å²) in [7, 11) is 0. The Morgan fingerprint density at radius 1 is 0.839 bits per heavy atom. The van der Waals surface area contributed by atoms with E-state index in [-0.39, 0.29) is 0 Å². The third-order valence-electron chi connectivity index (χ3n) is 11.2. The van der Waals surface area contributed by atoms with Crippen molar-refractivity contribution in [3.8, 4) is 0 Å². The van der Waals surface area contributed by atoms with Gasteiger partial charge in [-0.15, -0.1) is 0 Å². The van der Waals surface area contributed by atoms with Crippen LogP contribution in [0.1, 0.15) is 126 Å². The Bertz CT molecular complexity index is 645. The van der Waals surface area contributed by atoms with Crippen LogP contribution < -0.4 is 0 Å². The maximum atomic E-state index is 5.08. The van der Waals surface area contributed by atoms with Crippen LogP contribution in [0.2, 0.25) is 0 Å². The lowest BCUT2D eigenvalue weighted by Crippen LogP contribution is -2.54. The minimum absolute atomic E-state index is 0.563. The van der Waals surface area contributed by atoms with Crippen LogP contribution in [0, 0.1) is 52.3 Å². The molecular weight excluding hydrogens is 374 g/mol. The summed E-state index contributed by atoms with van der Waals surface area (Å²) in [6.07, 6.45) is 17.6. The van der Waals surface area contributed by atoms with E-state index in [9.17, 15) is 0 Å². The normalized spacial score (nSPS) is 45.5. The number of nitrogens with zero attached hydrogens (tertiary/aromatic N) is 1. The van der Waals surface area contributed by atoms with Gasteiger partial charge in [0, 0.05) is 5.71 Å². The predicted octanol–water partition coefficient (Wildman–Crippen LogP) is 8.96. The number of fused-ring (bicyclic) bond motifs is 5. The topological polar surface area (TPSA) is 12.4 Å². The zero-order valence-corrected chi connectivity index (χ0v) is 22.1. The largest absolute Gasteiger partial charge is 0.291 e. The summed E-state index contributed by atoms with van der Waals surface area (Å²) in [5, 5.41) is 0. The molecular formula is C30H53N. The predicted molar refractivity (Wildman–Crippen MR) is 136 cm³/mol. The van der Waals surface area contributed by atoms with Gasteiger partial charge in [0.2, 0.25) is 0 Å². The molecule has 0 aromatic rings. The van der Waals surface area contributed by atoms with Crippen molar-refractivity contribution in [3.63, 3.8) is 0 Å². The van der Waals surface area contributed by atoms with Crippen LogP contribution in [0.15, 0.2) is 4.99 Å². The van der Waals surface area contributed by atoms with Gasteiger partial charge in [0.25, 0.3) is 0 Å². The van der Waals surface area contributed by atoms with E-state index in [4.69, 9.17) is 4.99 Å². The minimum atomic E-state index is 0.563. The van der Waals surface area contributed by atoms with Crippen molar-refractivity contribution < 1.29 is 0 Å². The Labute approximate surface area is 194 Å². The molecule has 0 spiro atoms. The van der Waals surface area contributed by atoms with E-state index >= 15 is 0 Å². The van der Waals surface area contributed by atoms with Gasteiger partial charge in [-0.25, -0.2) is 0 Å². The zero-order valence-electron chi connectivity index (χ0n) is 22.1. The lowest BCUT2D eigenvalue weighted by Gasteiger charge is -2.61. The first-order valence-corrected chi connectivity index (χ1v) is 14.2. The molecule has 0 aromatic heterocycles. The Kier molecular flexibility index (Phi) is 7.02. The van der Waals surface area contributed by atoms with Crippen LogP contribution in [0.25, 0.3) is 0 Å². The molecule has 4 aliphatic rings. The fraction of sp³-hybridized carbons (Fsp3) is 0.967. The first-order chi connectivity index (χ1) is 14.6. The highest BCUT2D eigenvalue weighted by Crippen LogP contribution is 2.68. The van der Waals surface area contributed by atoms with Gasteiger partial charge in [-0.05, 0) is 124 Å². The van der Waals surface area contributed by atoms with Crippen molar-refractivity contribution in [3.05, 3.63) is 0 Å². The molecule has 0 saturated heterocycles. The lowest BCUT2D eigenvalue weighted by molar-refractivity contribution is -0.116. The number of hydrogen-bond donors (Lipinski definition) is 0. The first-order valence-electron chi connectivity index (χ1n) is 14.2. The molecule has 0 aromatic carbocycles. The molecule has 0 N–H and O–H groups in total. The smallest absolute Gasteiger partial charge is 0.0504 e. The number of rotatable bonds is 6. The fourth-order valence-corrected chi connectivity index (χ4v) is 9.83. The van der Waals surface area contributed by atoms with Crippen molar-refractivity contribution in [2.75, 3.05) is 0 Å². The highest BCUT2D eigenvalue weighted by atomic mass is 14.8. The van der Waals surface area contributed by atoms with Gasteiger partial charge in [0.1, 0.15) is 0 Å². The lowest BCUT2D eigenvalue weighted by atomic mass is 9.44. The van der Waals surface area contributed by atoms with Crippen LogP contribution in [0.5, 0.6) is 0 Å². The minimum Gasteiger partial charge on any atom is -0.291 e. The monoisotopic (exact) mass is 427 g/mol. The average Bonchev–Trinajstić information content (AvgIpc) is 3.03. The second-order valence-corrected chi connectivity index (χ2v) is 13.7. The summed E-state index contributed by atoms with van der Waals surface area (Å²) < 4.78 is 0. The van der Waals surface area contributed by atoms with E-state index in [2.05, 4.69) is 48.5 Å². The van der Waals surface area contributed by atoms with E-state index in [1.54, 1.807) is 6.42 Å². The summed E-state index contributed by atoms with van der Waals surface area (Å²) in [5.41, 5.74) is 2.49. The second-order valence-electron chi connectivity index (χ2n) is 13.7. The molecule has 178 valence electrons. The third-order valence-corrected chi connectivity index (χ3v) is 11.2. The van der Waals surface area contributed by atoms with Crippen molar-refractivity contribution in [2.45, 2.75) is 132 Å². The first kappa shape index (κ1) is 23.8. The van der Waals surface area contributed by atoms with Gasteiger partial charge in [-0.3, -0.25) is 4.99 Å². The Morgan fingerprint density at radius 2 is 1.55 bits per heavy atom. The summed E-state index contributed by atoms with van der Waals surface area (Å²) in [6.45, 7) is 17.2. The molecule has 4 saturated carbocycles. The molecule has 0 bridgehead atoms. The molecule has 0 radical (unpaired) electrons. The van der Waals surface area contributed by atoms with Crippen LogP contribution in [0.3, 0.4) is 0 Å².